The molecule has 17 heavy (non-hydrogen) atoms. The molecule has 0 bridgehead atoms. The average Bonchev–Trinajstić information content (AvgIpc) is 2.38. The summed E-state index contributed by atoms with van der Waals surface area (Å²) in [6.07, 6.45) is 6.86. The summed E-state index contributed by atoms with van der Waals surface area (Å²) in [6.45, 7) is 2.36. The van der Waals surface area contributed by atoms with E-state index in [4.69, 9.17) is 4.74 Å². The highest BCUT2D eigenvalue weighted by molar-refractivity contribution is 5.76. The number of hydrogen-bond acceptors (Lipinski definition) is 2. The van der Waals surface area contributed by atoms with Gasteiger partial charge in [0.2, 0.25) is 0 Å². The van der Waals surface area contributed by atoms with E-state index >= 15 is 0 Å². The van der Waals surface area contributed by atoms with Crippen LogP contribution in [0.4, 0.5) is 0 Å². The number of ether oxygens (including phenoxy) is 1. The van der Waals surface area contributed by atoms with Crippen molar-refractivity contribution in [3.05, 3.63) is 48.0 Å². The van der Waals surface area contributed by atoms with Gasteiger partial charge in [0.1, 0.15) is 6.61 Å². The van der Waals surface area contributed by atoms with E-state index in [1.54, 1.807) is 0 Å². The summed E-state index contributed by atoms with van der Waals surface area (Å²) in [6, 6.07) is 9.80. The van der Waals surface area contributed by atoms with Gasteiger partial charge < -0.3 is 4.74 Å². The number of hydrogen-bond donors (Lipinski definition) is 0. The Balaban J connectivity index is 1.91. The second kappa shape index (κ2) is 5.17. The first-order chi connectivity index (χ1) is 8.21. The molecule has 1 aliphatic rings. The van der Waals surface area contributed by atoms with E-state index in [1.165, 1.54) is 0 Å². The predicted molar refractivity (Wildman–Crippen MR) is 67.3 cm³/mol. The van der Waals surface area contributed by atoms with Gasteiger partial charge in [0, 0.05) is 0 Å². The summed E-state index contributed by atoms with van der Waals surface area (Å²) in [4.78, 5) is 12.0. The van der Waals surface area contributed by atoms with Gasteiger partial charge in [0.15, 0.2) is 0 Å². The predicted octanol–water partition coefficient (Wildman–Crippen LogP) is 3.48. The van der Waals surface area contributed by atoms with E-state index in [0.29, 0.717) is 6.61 Å². The van der Waals surface area contributed by atoms with Crippen molar-refractivity contribution < 1.29 is 9.53 Å². The number of allylic oxidation sites excluding steroid dienone is 2. The van der Waals surface area contributed by atoms with E-state index in [2.05, 4.69) is 12.2 Å². The number of esters is 1. The SMILES string of the molecule is CC1(C(=O)OCc2ccccc2)CC=CCC1. The topological polar surface area (TPSA) is 26.3 Å². The van der Waals surface area contributed by atoms with Gasteiger partial charge >= 0.3 is 5.97 Å². The molecule has 2 rings (SSSR count). The van der Waals surface area contributed by atoms with Crippen LogP contribution in [-0.2, 0) is 16.1 Å². The summed E-state index contributed by atoms with van der Waals surface area (Å²) >= 11 is 0. The van der Waals surface area contributed by atoms with Crippen LogP contribution in [-0.4, -0.2) is 5.97 Å². The molecule has 90 valence electrons. The molecule has 0 spiro atoms. The quantitative estimate of drug-likeness (QED) is 0.587. The fourth-order valence-electron chi connectivity index (χ4n) is 2.05. The lowest BCUT2D eigenvalue weighted by Crippen LogP contribution is -2.30. The minimum atomic E-state index is -0.330. The Hall–Kier alpha value is -1.57. The van der Waals surface area contributed by atoms with Crippen LogP contribution in [0.15, 0.2) is 42.5 Å². The molecule has 0 fully saturated rings. The standard InChI is InChI=1S/C15H18O2/c1-15(10-6-3-7-11-15)14(16)17-12-13-8-4-2-5-9-13/h2-6,8-9H,7,10-12H2,1H3. The lowest BCUT2D eigenvalue weighted by molar-refractivity contribution is -0.156. The summed E-state index contributed by atoms with van der Waals surface area (Å²) in [5.74, 6) is -0.0781. The third-order valence-electron chi connectivity index (χ3n) is 3.30. The fourth-order valence-corrected chi connectivity index (χ4v) is 2.05. The number of benzene rings is 1. The zero-order valence-electron chi connectivity index (χ0n) is 10.2. The number of carbonyl (C=O) groups excluding carboxylic acids is 1. The van der Waals surface area contributed by atoms with Crippen molar-refractivity contribution >= 4 is 5.97 Å². The molecule has 0 aromatic heterocycles. The maximum Gasteiger partial charge on any atom is 0.312 e. The summed E-state index contributed by atoms with van der Waals surface area (Å²) < 4.78 is 5.40. The van der Waals surface area contributed by atoms with E-state index in [0.717, 1.165) is 24.8 Å². The molecule has 1 aliphatic carbocycles. The van der Waals surface area contributed by atoms with E-state index in [1.807, 2.05) is 37.3 Å². The smallest absolute Gasteiger partial charge is 0.312 e. The average molecular weight is 230 g/mol. The fraction of sp³-hybridized carbons (Fsp3) is 0.400. The highest BCUT2D eigenvalue weighted by atomic mass is 16.5. The van der Waals surface area contributed by atoms with E-state index in [9.17, 15) is 4.79 Å². The van der Waals surface area contributed by atoms with Crippen LogP contribution in [0.3, 0.4) is 0 Å². The Kier molecular flexibility index (Phi) is 3.62. The largest absolute Gasteiger partial charge is 0.460 e. The second-order valence-corrected chi connectivity index (χ2v) is 4.84. The lowest BCUT2D eigenvalue weighted by Gasteiger charge is -2.28. The van der Waals surface area contributed by atoms with E-state index in [-0.39, 0.29) is 11.4 Å². The van der Waals surface area contributed by atoms with Gasteiger partial charge in [-0.1, -0.05) is 42.5 Å². The molecule has 0 N–H and O–H groups in total. The Morgan fingerprint density at radius 3 is 2.71 bits per heavy atom. The summed E-state index contributed by atoms with van der Waals surface area (Å²) in [5.41, 5.74) is 0.708. The molecule has 1 unspecified atom stereocenters. The normalized spacial score (nSPS) is 23.4. The molecule has 0 aliphatic heterocycles. The minimum Gasteiger partial charge on any atom is -0.460 e. The molecular formula is C15H18O2. The van der Waals surface area contributed by atoms with Crippen LogP contribution in [0, 0.1) is 5.41 Å². The van der Waals surface area contributed by atoms with Gasteiger partial charge in [-0.15, -0.1) is 0 Å². The zero-order valence-corrected chi connectivity index (χ0v) is 10.2. The van der Waals surface area contributed by atoms with Crippen LogP contribution in [0.5, 0.6) is 0 Å². The third kappa shape index (κ3) is 2.96. The minimum absolute atomic E-state index is 0.0781. The van der Waals surface area contributed by atoms with Gasteiger partial charge in [-0.2, -0.15) is 0 Å². The summed E-state index contributed by atoms with van der Waals surface area (Å²) in [5, 5.41) is 0. The van der Waals surface area contributed by atoms with Gasteiger partial charge in [0.05, 0.1) is 5.41 Å². The maximum absolute atomic E-state index is 12.0. The molecule has 2 nitrogen and oxygen atoms in total. The van der Waals surface area contributed by atoms with Crippen LogP contribution < -0.4 is 0 Å². The molecule has 1 atom stereocenters. The molecule has 2 heteroatoms. The van der Waals surface area contributed by atoms with Gasteiger partial charge in [-0.05, 0) is 31.7 Å². The van der Waals surface area contributed by atoms with Crippen molar-refractivity contribution in [3.63, 3.8) is 0 Å². The van der Waals surface area contributed by atoms with E-state index < -0.39 is 0 Å². The highest BCUT2D eigenvalue weighted by Crippen LogP contribution is 2.33. The van der Waals surface area contributed by atoms with Crippen LogP contribution in [0.25, 0.3) is 0 Å². The summed E-state index contributed by atoms with van der Waals surface area (Å²) in [7, 11) is 0. The Bertz CT molecular complexity index is 408. The van der Waals surface area contributed by atoms with Crippen LogP contribution >= 0.6 is 0 Å². The Morgan fingerprint density at radius 2 is 2.06 bits per heavy atom. The monoisotopic (exact) mass is 230 g/mol. The number of rotatable bonds is 3. The van der Waals surface area contributed by atoms with Gasteiger partial charge in [0.25, 0.3) is 0 Å². The molecule has 1 aromatic carbocycles. The van der Waals surface area contributed by atoms with Crippen molar-refractivity contribution in [2.75, 3.05) is 0 Å². The highest BCUT2D eigenvalue weighted by Gasteiger charge is 2.34. The zero-order chi connectivity index (χ0) is 12.1. The van der Waals surface area contributed by atoms with Crippen molar-refractivity contribution in [1.82, 2.24) is 0 Å². The third-order valence-corrected chi connectivity index (χ3v) is 3.30. The molecule has 0 radical (unpaired) electrons. The molecule has 1 aromatic rings. The first-order valence-electron chi connectivity index (χ1n) is 6.07. The first kappa shape index (κ1) is 11.9. The lowest BCUT2D eigenvalue weighted by atomic mass is 9.79. The molecule has 0 saturated carbocycles. The molecule has 0 amide bonds. The Labute approximate surface area is 102 Å². The van der Waals surface area contributed by atoms with Crippen LogP contribution in [0.2, 0.25) is 0 Å². The van der Waals surface area contributed by atoms with Crippen molar-refractivity contribution in [3.8, 4) is 0 Å². The van der Waals surface area contributed by atoms with Gasteiger partial charge in [-0.3, -0.25) is 4.79 Å². The molecule has 0 heterocycles. The second-order valence-electron chi connectivity index (χ2n) is 4.84. The Morgan fingerprint density at radius 1 is 1.29 bits per heavy atom. The van der Waals surface area contributed by atoms with Crippen molar-refractivity contribution in [2.24, 2.45) is 5.41 Å². The molecule has 0 saturated heterocycles. The molecular weight excluding hydrogens is 212 g/mol. The van der Waals surface area contributed by atoms with Gasteiger partial charge in [-0.25, -0.2) is 0 Å². The maximum atomic E-state index is 12.0. The first-order valence-corrected chi connectivity index (χ1v) is 6.07. The van der Waals surface area contributed by atoms with Crippen molar-refractivity contribution in [2.45, 2.75) is 32.8 Å². The van der Waals surface area contributed by atoms with Crippen molar-refractivity contribution in [1.29, 1.82) is 0 Å². The number of carbonyl (C=O) groups is 1. The van der Waals surface area contributed by atoms with Crippen LogP contribution in [0.1, 0.15) is 31.7 Å².